The summed E-state index contributed by atoms with van der Waals surface area (Å²) >= 11 is 0. The Morgan fingerprint density at radius 3 is 2.57 bits per heavy atom. The van der Waals surface area contributed by atoms with Crippen LogP contribution in [0.15, 0.2) is 61.1 Å². The highest BCUT2D eigenvalue weighted by Gasteiger charge is 2.09. The molecule has 2 heterocycles. The van der Waals surface area contributed by atoms with Gasteiger partial charge in [-0.2, -0.15) is 0 Å². The lowest BCUT2D eigenvalue weighted by atomic mass is 10.2. The molecule has 3 rings (SSSR count). The largest absolute Gasteiger partial charge is 0.329 e. The van der Waals surface area contributed by atoms with Gasteiger partial charge in [-0.05, 0) is 31.2 Å². The number of hydrogen-bond acceptors (Lipinski definition) is 3. The molecular formula is C19H22N4. The van der Waals surface area contributed by atoms with Crippen molar-refractivity contribution in [3.05, 3.63) is 83.7 Å². The number of hydrogen-bond donors (Lipinski definition) is 0. The fourth-order valence-electron chi connectivity index (χ4n) is 2.65. The van der Waals surface area contributed by atoms with Crippen molar-refractivity contribution in [1.29, 1.82) is 0 Å². The lowest BCUT2D eigenvalue weighted by Crippen LogP contribution is -2.21. The van der Waals surface area contributed by atoms with E-state index in [4.69, 9.17) is 0 Å². The molecule has 3 aromatic rings. The zero-order valence-electron chi connectivity index (χ0n) is 13.7. The molecule has 0 unspecified atom stereocenters. The first-order valence-electron chi connectivity index (χ1n) is 7.85. The summed E-state index contributed by atoms with van der Waals surface area (Å²) in [5.74, 6) is 1.07. The second kappa shape index (κ2) is 7.20. The Labute approximate surface area is 137 Å². The first kappa shape index (κ1) is 15.4. The van der Waals surface area contributed by atoms with Gasteiger partial charge in [0, 0.05) is 31.7 Å². The predicted molar refractivity (Wildman–Crippen MR) is 91.9 cm³/mol. The molecule has 0 aliphatic carbocycles. The second-order valence-corrected chi connectivity index (χ2v) is 5.90. The summed E-state index contributed by atoms with van der Waals surface area (Å²) in [7, 11) is 2.11. The molecule has 4 heteroatoms. The standard InChI is InChI=1S/C19H22N4/c1-16-7-6-10-20-18(16)14-22(2)15-19-21-11-12-23(19)13-17-8-4-3-5-9-17/h3-12H,13-15H2,1-2H3. The minimum atomic E-state index is 0.801. The van der Waals surface area contributed by atoms with Gasteiger partial charge in [0.15, 0.2) is 0 Å². The molecular weight excluding hydrogens is 284 g/mol. The van der Waals surface area contributed by atoms with Gasteiger partial charge < -0.3 is 4.57 Å². The number of aromatic nitrogens is 3. The van der Waals surface area contributed by atoms with Crippen LogP contribution in [0.5, 0.6) is 0 Å². The Balaban J connectivity index is 1.66. The summed E-state index contributed by atoms with van der Waals surface area (Å²) in [4.78, 5) is 11.2. The fourth-order valence-corrected chi connectivity index (χ4v) is 2.65. The molecule has 0 aliphatic heterocycles. The van der Waals surface area contributed by atoms with Gasteiger partial charge >= 0.3 is 0 Å². The average Bonchev–Trinajstić information content (AvgIpc) is 2.97. The van der Waals surface area contributed by atoms with E-state index in [0.717, 1.165) is 31.2 Å². The molecule has 0 N–H and O–H groups in total. The van der Waals surface area contributed by atoms with Crippen LogP contribution in [0.3, 0.4) is 0 Å². The smallest absolute Gasteiger partial charge is 0.123 e. The van der Waals surface area contributed by atoms with E-state index in [1.54, 1.807) is 0 Å². The normalized spacial score (nSPS) is 11.1. The first-order valence-corrected chi connectivity index (χ1v) is 7.85. The van der Waals surface area contributed by atoms with Crippen molar-refractivity contribution in [3.63, 3.8) is 0 Å². The zero-order valence-corrected chi connectivity index (χ0v) is 13.7. The molecule has 118 valence electrons. The van der Waals surface area contributed by atoms with Crippen molar-refractivity contribution in [2.45, 2.75) is 26.6 Å². The Morgan fingerprint density at radius 2 is 1.78 bits per heavy atom. The number of benzene rings is 1. The molecule has 0 fully saturated rings. The van der Waals surface area contributed by atoms with Gasteiger partial charge in [0.1, 0.15) is 5.82 Å². The minimum absolute atomic E-state index is 0.801. The fraction of sp³-hybridized carbons (Fsp3) is 0.263. The maximum Gasteiger partial charge on any atom is 0.123 e. The molecule has 23 heavy (non-hydrogen) atoms. The third-order valence-electron chi connectivity index (χ3n) is 3.95. The van der Waals surface area contributed by atoms with Gasteiger partial charge in [-0.25, -0.2) is 4.98 Å². The molecule has 0 atom stereocenters. The van der Waals surface area contributed by atoms with Gasteiger partial charge in [0.2, 0.25) is 0 Å². The maximum atomic E-state index is 4.52. The summed E-state index contributed by atoms with van der Waals surface area (Å²) in [6, 6.07) is 14.6. The SMILES string of the molecule is Cc1cccnc1CN(C)Cc1nccn1Cc1ccccc1. The van der Waals surface area contributed by atoms with Crippen LogP contribution in [-0.2, 0) is 19.6 Å². The molecule has 0 saturated carbocycles. The van der Waals surface area contributed by atoms with Crippen molar-refractivity contribution in [3.8, 4) is 0 Å². The van der Waals surface area contributed by atoms with E-state index in [0.29, 0.717) is 0 Å². The average molecular weight is 306 g/mol. The van der Waals surface area contributed by atoms with Gasteiger partial charge in [-0.3, -0.25) is 9.88 Å². The molecule has 1 aromatic carbocycles. The van der Waals surface area contributed by atoms with E-state index in [1.165, 1.54) is 11.1 Å². The van der Waals surface area contributed by atoms with Crippen LogP contribution in [0.25, 0.3) is 0 Å². The number of pyridine rings is 1. The lowest BCUT2D eigenvalue weighted by Gasteiger charge is -2.18. The molecule has 0 spiro atoms. The van der Waals surface area contributed by atoms with Gasteiger partial charge in [-0.15, -0.1) is 0 Å². The zero-order chi connectivity index (χ0) is 16.1. The van der Waals surface area contributed by atoms with E-state index in [-0.39, 0.29) is 0 Å². The van der Waals surface area contributed by atoms with Crippen molar-refractivity contribution >= 4 is 0 Å². The summed E-state index contributed by atoms with van der Waals surface area (Å²) in [5.41, 5.74) is 3.64. The highest BCUT2D eigenvalue weighted by molar-refractivity contribution is 5.18. The van der Waals surface area contributed by atoms with E-state index in [2.05, 4.69) is 63.7 Å². The summed E-state index contributed by atoms with van der Waals surface area (Å²) < 4.78 is 2.21. The van der Waals surface area contributed by atoms with Crippen molar-refractivity contribution in [1.82, 2.24) is 19.4 Å². The van der Waals surface area contributed by atoms with Gasteiger partial charge in [0.25, 0.3) is 0 Å². The quantitative estimate of drug-likeness (QED) is 0.701. The van der Waals surface area contributed by atoms with E-state index < -0.39 is 0 Å². The molecule has 0 saturated heterocycles. The maximum absolute atomic E-state index is 4.52. The minimum Gasteiger partial charge on any atom is -0.329 e. The summed E-state index contributed by atoms with van der Waals surface area (Å²) in [6.07, 6.45) is 5.77. The highest BCUT2D eigenvalue weighted by atomic mass is 15.2. The number of aryl methyl sites for hydroxylation is 1. The molecule has 0 radical (unpaired) electrons. The van der Waals surface area contributed by atoms with Crippen molar-refractivity contribution in [2.75, 3.05) is 7.05 Å². The van der Waals surface area contributed by atoms with E-state index >= 15 is 0 Å². The topological polar surface area (TPSA) is 34.0 Å². The third kappa shape index (κ3) is 4.05. The summed E-state index contributed by atoms with van der Waals surface area (Å²) in [5, 5.41) is 0. The Kier molecular flexibility index (Phi) is 4.83. The summed E-state index contributed by atoms with van der Waals surface area (Å²) in [6.45, 7) is 4.58. The predicted octanol–water partition coefficient (Wildman–Crippen LogP) is 3.27. The molecule has 0 bridgehead atoms. The van der Waals surface area contributed by atoms with Crippen LogP contribution >= 0.6 is 0 Å². The van der Waals surface area contributed by atoms with Gasteiger partial charge in [-0.1, -0.05) is 36.4 Å². The monoisotopic (exact) mass is 306 g/mol. The van der Waals surface area contributed by atoms with Crippen molar-refractivity contribution in [2.24, 2.45) is 0 Å². The Hall–Kier alpha value is -2.46. The van der Waals surface area contributed by atoms with Crippen LogP contribution in [0, 0.1) is 6.92 Å². The molecule has 4 nitrogen and oxygen atoms in total. The van der Waals surface area contributed by atoms with Crippen LogP contribution in [-0.4, -0.2) is 26.5 Å². The van der Waals surface area contributed by atoms with E-state index in [1.807, 2.05) is 30.7 Å². The Morgan fingerprint density at radius 1 is 0.957 bits per heavy atom. The van der Waals surface area contributed by atoms with Crippen LogP contribution in [0.1, 0.15) is 22.6 Å². The van der Waals surface area contributed by atoms with Crippen LogP contribution < -0.4 is 0 Å². The van der Waals surface area contributed by atoms with Crippen LogP contribution in [0.4, 0.5) is 0 Å². The molecule has 0 aliphatic rings. The third-order valence-corrected chi connectivity index (χ3v) is 3.95. The lowest BCUT2D eigenvalue weighted by molar-refractivity contribution is 0.301. The second-order valence-electron chi connectivity index (χ2n) is 5.90. The van der Waals surface area contributed by atoms with E-state index in [9.17, 15) is 0 Å². The van der Waals surface area contributed by atoms with Crippen molar-refractivity contribution < 1.29 is 0 Å². The van der Waals surface area contributed by atoms with Crippen LogP contribution in [0.2, 0.25) is 0 Å². The number of nitrogens with zero attached hydrogens (tertiary/aromatic N) is 4. The first-order chi connectivity index (χ1) is 11.2. The molecule has 0 amide bonds. The van der Waals surface area contributed by atoms with Gasteiger partial charge in [0.05, 0.1) is 12.2 Å². The molecule has 2 aromatic heterocycles. The number of imidazole rings is 1. The number of rotatable bonds is 6. The Bertz CT molecular complexity index is 749. The highest BCUT2D eigenvalue weighted by Crippen LogP contribution is 2.10.